The van der Waals surface area contributed by atoms with Crippen LogP contribution in [0.25, 0.3) is 0 Å². The lowest BCUT2D eigenvalue weighted by Gasteiger charge is -2.32. The highest BCUT2D eigenvalue weighted by Crippen LogP contribution is 2.23. The van der Waals surface area contributed by atoms with Crippen LogP contribution in [-0.4, -0.2) is 35.8 Å². The smallest absolute Gasteiger partial charge is 0.245 e. The van der Waals surface area contributed by atoms with E-state index in [1.165, 1.54) is 19.3 Å². The van der Waals surface area contributed by atoms with Gasteiger partial charge in [0, 0.05) is 19.5 Å². The summed E-state index contributed by atoms with van der Waals surface area (Å²) in [5, 5.41) is 2.74. The number of likely N-dealkylation sites (N-methyl/N-ethyl adjacent to an activating group) is 1. The van der Waals surface area contributed by atoms with Crippen LogP contribution in [0.4, 0.5) is 0 Å². The van der Waals surface area contributed by atoms with E-state index < -0.39 is 0 Å². The van der Waals surface area contributed by atoms with Crippen LogP contribution in [0, 0.1) is 0 Å². The second-order valence-corrected chi connectivity index (χ2v) is 4.90. The van der Waals surface area contributed by atoms with Crippen molar-refractivity contribution in [2.45, 2.75) is 57.0 Å². The SMILES string of the molecule is CN(C(=O)C1CCC(=O)N1)C1CCCCC1. The van der Waals surface area contributed by atoms with Crippen molar-refractivity contribution in [3.05, 3.63) is 0 Å². The molecule has 4 nitrogen and oxygen atoms in total. The van der Waals surface area contributed by atoms with Crippen LogP contribution >= 0.6 is 0 Å². The molecule has 2 fully saturated rings. The third-order valence-electron chi connectivity index (χ3n) is 3.76. The monoisotopic (exact) mass is 224 g/mol. The zero-order valence-electron chi connectivity index (χ0n) is 9.87. The average molecular weight is 224 g/mol. The fourth-order valence-electron chi connectivity index (χ4n) is 2.69. The molecule has 0 aromatic rings. The second kappa shape index (κ2) is 4.85. The van der Waals surface area contributed by atoms with Crippen LogP contribution in [0.3, 0.4) is 0 Å². The number of nitrogens with one attached hydrogen (secondary N) is 1. The van der Waals surface area contributed by atoms with Crippen molar-refractivity contribution in [2.24, 2.45) is 0 Å². The van der Waals surface area contributed by atoms with E-state index in [-0.39, 0.29) is 17.9 Å². The predicted octanol–water partition coefficient (Wildman–Crippen LogP) is 1.06. The minimum absolute atomic E-state index is 0.00962. The number of amides is 2. The molecule has 2 amide bonds. The molecular formula is C12H20N2O2. The molecular weight excluding hydrogens is 204 g/mol. The Bertz CT molecular complexity index is 285. The molecule has 2 aliphatic rings. The van der Waals surface area contributed by atoms with Crippen LogP contribution in [0.1, 0.15) is 44.9 Å². The summed E-state index contributed by atoms with van der Waals surface area (Å²) < 4.78 is 0. The number of hydrogen-bond donors (Lipinski definition) is 1. The zero-order chi connectivity index (χ0) is 11.5. The van der Waals surface area contributed by atoms with Crippen molar-refractivity contribution in [1.82, 2.24) is 10.2 Å². The van der Waals surface area contributed by atoms with Gasteiger partial charge in [0.2, 0.25) is 11.8 Å². The Labute approximate surface area is 96.4 Å². The molecule has 1 saturated heterocycles. The van der Waals surface area contributed by atoms with Crippen molar-refractivity contribution in [3.8, 4) is 0 Å². The maximum atomic E-state index is 12.1. The van der Waals surface area contributed by atoms with Gasteiger partial charge in [-0.1, -0.05) is 19.3 Å². The van der Waals surface area contributed by atoms with Crippen LogP contribution in [0.5, 0.6) is 0 Å². The largest absolute Gasteiger partial charge is 0.344 e. The molecule has 1 heterocycles. The third kappa shape index (κ3) is 2.36. The van der Waals surface area contributed by atoms with Gasteiger partial charge in [-0.15, -0.1) is 0 Å². The van der Waals surface area contributed by atoms with Gasteiger partial charge in [-0.2, -0.15) is 0 Å². The molecule has 4 heteroatoms. The van der Waals surface area contributed by atoms with Gasteiger partial charge in [-0.3, -0.25) is 9.59 Å². The summed E-state index contributed by atoms with van der Waals surface area (Å²) in [5.74, 6) is 0.105. The maximum absolute atomic E-state index is 12.1. The Balaban J connectivity index is 1.90. The lowest BCUT2D eigenvalue weighted by molar-refractivity contribution is -0.135. The molecule has 0 aromatic heterocycles. The molecule has 90 valence electrons. The first-order valence-corrected chi connectivity index (χ1v) is 6.24. The topological polar surface area (TPSA) is 49.4 Å². The molecule has 2 rings (SSSR count). The molecule has 0 spiro atoms. The first-order chi connectivity index (χ1) is 7.68. The Morgan fingerprint density at radius 2 is 1.94 bits per heavy atom. The summed E-state index contributed by atoms with van der Waals surface area (Å²) in [6, 6.07) is 0.123. The number of carbonyl (C=O) groups is 2. The molecule has 1 N–H and O–H groups in total. The molecule has 1 atom stereocenters. The molecule has 1 aliphatic heterocycles. The second-order valence-electron chi connectivity index (χ2n) is 4.90. The number of nitrogens with zero attached hydrogens (tertiary/aromatic N) is 1. The van der Waals surface area contributed by atoms with E-state index in [0.29, 0.717) is 18.9 Å². The number of carbonyl (C=O) groups excluding carboxylic acids is 2. The highest BCUT2D eigenvalue weighted by molar-refractivity contribution is 5.90. The minimum atomic E-state index is -0.264. The molecule has 0 radical (unpaired) electrons. The fraction of sp³-hybridized carbons (Fsp3) is 0.833. The molecule has 0 aromatic carbocycles. The van der Waals surface area contributed by atoms with Crippen LogP contribution in [-0.2, 0) is 9.59 Å². The molecule has 0 bridgehead atoms. The highest BCUT2D eigenvalue weighted by atomic mass is 16.2. The van der Waals surface area contributed by atoms with Crippen molar-refractivity contribution in [2.75, 3.05) is 7.05 Å². The van der Waals surface area contributed by atoms with Crippen LogP contribution in [0.2, 0.25) is 0 Å². The van der Waals surface area contributed by atoms with Gasteiger partial charge in [0.1, 0.15) is 6.04 Å². The van der Waals surface area contributed by atoms with Gasteiger partial charge in [0.15, 0.2) is 0 Å². The maximum Gasteiger partial charge on any atom is 0.245 e. The molecule has 1 unspecified atom stereocenters. The standard InChI is InChI=1S/C12H20N2O2/c1-14(9-5-3-2-4-6-9)12(16)10-7-8-11(15)13-10/h9-10H,2-8H2,1H3,(H,13,15). The predicted molar refractivity (Wildman–Crippen MR) is 60.8 cm³/mol. The van der Waals surface area contributed by atoms with E-state index in [2.05, 4.69) is 5.32 Å². The van der Waals surface area contributed by atoms with Crippen LogP contribution < -0.4 is 5.32 Å². The average Bonchev–Trinajstić information content (AvgIpc) is 2.75. The van der Waals surface area contributed by atoms with Gasteiger partial charge in [0.25, 0.3) is 0 Å². The van der Waals surface area contributed by atoms with Crippen molar-refractivity contribution in [1.29, 1.82) is 0 Å². The first kappa shape index (κ1) is 11.4. The van der Waals surface area contributed by atoms with Gasteiger partial charge < -0.3 is 10.2 Å². The number of hydrogen-bond acceptors (Lipinski definition) is 2. The van der Waals surface area contributed by atoms with Gasteiger partial charge >= 0.3 is 0 Å². The lowest BCUT2D eigenvalue weighted by atomic mass is 9.94. The van der Waals surface area contributed by atoms with E-state index in [1.807, 2.05) is 11.9 Å². The van der Waals surface area contributed by atoms with E-state index in [1.54, 1.807) is 0 Å². The summed E-state index contributed by atoms with van der Waals surface area (Å²) in [6.45, 7) is 0. The number of rotatable bonds is 2. The van der Waals surface area contributed by atoms with Crippen molar-refractivity contribution in [3.63, 3.8) is 0 Å². The summed E-state index contributed by atoms with van der Waals surface area (Å²) >= 11 is 0. The minimum Gasteiger partial charge on any atom is -0.344 e. The normalized spacial score (nSPS) is 26.6. The summed E-state index contributed by atoms with van der Waals surface area (Å²) in [6.07, 6.45) is 7.12. The van der Waals surface area contributed by atoms with Gasteiger partial charge in [-0.05, 0) is 19.3 Å². The Hall–Kier alpha value is -1.06. The van der Waals surface area contributed by atoms with Gasteiger partial charge in [0.05, 0.1) is 0 Å². The Morgan fingerprint density at radius 3 is 2.50 bits per heavy atom. The van der Waals surface area contributed by atoms with Gasteiger partial charge in [-0.25, -0.2) is 0 Å². The van der Waals surface area contributed by atoms with Crippen molar-refractivity contribution < 1.29 is 9.59 Å². The van der Waals surface area contributed by atoms with Crippen LogP contribution in [0.15, 0.2) is 0 Å². The first-order valence-electron chi connectivity index (χ1n) is 6.24. The van der Waals surface area contributed by atoms with E-state index in [0.717, 1.165) is 12.8 Å². The summed E-state index contributed by atoms with van der Waals surface area (Å²) in [5.41, 5.74) is 0. The molecule has 16 heavy (non-hydrogen) atoms. The Morgan fingerprint density at radius 1 is 1.25 bits per heavy atom. The lowest BCUT2D eigenvalue weighted by Crippen LogP contribution is -2.47. The van der Waals surface area contributed by atoms with E-state index >= 15 is 0 Å². The summed E-state index contributed by atoms with van der Waals surface area (Å²) in [7, 11) is 1.88. The fourth-order valence-corrected chi connectivity index (χ4v) is 2.69. The zero-order valence-corrected chi connectivity index (χ0v) is 9.87. The highest BCUT2D eigenvalue weighted by Gasteiger charge is 2.32. The molecule has 1 saturated carbocycles. The third-order valence-corrected chi connectivity index (χ3v) is 3.76. The van der Waals surface area contributed by atoms with Crippen molar-refractivity contribution >= 4 is 11.8 Å². The quantitative estimate of drug-likeness (QED) is 0.762. The summed E-state index contributed by atoms with van der Waals surface area (Å²) in [4.78, 5) is 25.0. The molecule has 1 aliphatic carbocycles. The Kier molecular flexibility index (Phi) is 3.46. The van der Waals surface area contributed by atoms with E-state index in [9.17, 15) is 9.59 Å². The van der Waals surface area contributed by atoms with E-state index in [4.69, 9.17) is 0 Å².